The Morgan fingerprint density at radius 3 is 2.88 bits per heavy atom. The first kappa shape index (κ1) is 6.15. The summed E-state index contributed by atoms with van der Waals surface area (Å²) in [6, 6.07) is 0. The first-order valence-electron chi connectivity index (χ1n) is 3.58. The van der Waals surface area contributed by atoms with E-state index in [1.807, 2.05) is 0 Å². The normalized spacial score (nSPS) is 34.8. The lowest BCUT2D eigenvalue weighted by molar-refractivity contribution is 0.796. The fourth-order valence-corrected chi connectivity index (χ4v) is 1.38. The maximum atomic E-state index is 5.39. The molecule has 0 radical (unpaired) electrons. The molecule has 2 N–H and O–H groups in total. The minimum Gasteiger partial charge on any atom is -0.338 e. The number of hydrogen-bond acceptors (Lipinski definition) is 1. The van der Waals surface area contributed by atoms with Crippen molar-refractivity contribution in [2.24, 2.45) is 11.7 Å². The molecule has 0 amide bonds. The van der Waals surface area contributed by atoms with Crippen LogP contribution in [0.3, 0.4) is 0 Å². The molecule has 0 aromatic carbocycles. The van der Waals surface area contributed by atoms with Crippen LogP contribution in [0.25, 0.3) is 0 Å². The first-order chi connectivity index (χ1) is 3.88. The predicted octanol–water partition coefficient (Wildman–Crippen LogP) is 0.558. The van der Waals surface area contributed by atoms with Gasteiger partial charge in [0.15, 0.2) is 0 Å². The van der Waals surface area contributed by atoms with E-state index in [0.29, 0.717) is 0 Å². The van der Waals surface area contributed by atoms with Gasteiger partial charge >= 0.3 is 0 Å². The van der Waals surface area contributed by atoms with Gasteiger partial charge in [-0.3, -0.25) is 0 Å². The second-order valence-electron chi connectivity index (χ2n) is 2.74. The van der Waals surface area contributed by atoms with Crippen LogP contribution in [0.5, 0.6) is 0 Å². The first-order valence-corrected chi connectivity index (χ1v) is 3.58. The molecule has 1 nitrogen and oxygen atoms in total. The third kappa shape index (κ3) is 1.25. The summed E-state index contributed by atoms with van der Waals surface area (Å²) in [6.45, 7) is 2.27. The molecule has 0 spiro atoms. The quantitative estimate of drug-likeness (QED) is 0.529. The Morgan fingerprint density at radius 1 is 1.75 bits per heavy atom. The standard InChI is InChI=1S/C6H14BN/c1-2-5-3-6(5)7-4-8/h5-7H,2-4,8H2,1H3. The Kier molecular flexibility index (Phi) is 1.95. The van der Waals surface area contributed by atoms with Crippen LogP contribution >= 0.6 is 0 Å². The molecule has 2 atom stereocenters. The maximum Gasteiger partial charge on any atom is 0.141 e. The van der Waals surface area contributed by atoms with Gasteiger partial charge in [-0.2, -0.15) is 0 Å². The second kappa shape index (κ2) is 2.54. The van der Waals surface area contributed by atoms with Crippen molar-refractivity contribution in [1.82, 2.24) is 0 Å². The molecule has 46 valence electrons. The van der Waals surface area contributed by atoms with Crippen molar-refractivity contribution >= 4 is 7.28 Å². The Labute approximate surface area is 51.9 Å². The van der Waals surface area contributed by atoms with Crippen molar-refractivity contribution in [3.05, 3.63) is 0 Å². The van der Waals surface area contributed by atoms with Crippen molar-refractivity contribution < 1.29 is 0 Å². The molecular formula is C6H14BN. The third-order valence-electron chi connectivity index (χ3n) is 2.13. The zero-order chi connectivity index (χ0) is 5.98. The van der Waals surface area contributed by atoms with Gasteiger partial charge in [-0.15, -0.1) is 0 Å². The predicted molar refractivity (Wildman–Crippen MR) is 38.4 cm³/mol. The van der Waals surface area contributed by atoms with Crippen LogP contribution in [0.1, 0.15) is 19.8 Å². The SMILES string of the molecule is CCC1CC1BCN. The molecule has 8 heavy (non-hydrogen) atoms. The van der Waals surface area contributed by atoms with E-state index in [-0.39, 0.29) is 0 Å². The van der Waals surface area contributed by atoms with Crippen LogP contribution in [0.2, 0.25) is 5.82 Å². The van der Waals surface area contributed by atoms with E-state index in [0.717, 1.165) is 18.2 Å². The van der Waals surface area contributed by atoms with Gasteiger partial charge in [-0.05, 0) is 12.4 Å². The number of nitrogens with two attached hydrogens (primary N) is 1. The van der Waals surface area contributed by atoms with Crippen LogP contribution in [0.4, 0.5) is 0 Å². The van der Waals surface area contributed by atoms with Gasteiger partial charge in [-0.25, -0.2) is 0 Å². The molecule has 1 aliphatic rings. The van der Waals surface area contributed by atoms with Crippen LogP contribution < -0.4 is 5.73 Å². The fourth-order valence-electron chi connectivity index (χ4n) is 1.38. The molecule has 0 aromatic rings. The molecule has 1 aliphatic carbocycles. The molecule has 0 saturated heterocycles. The topological polar surface area (TPSA) is 26.0 Å². The summed E-state index contributed by atoms with van der Waals surface area (Å²) < 4.78 is 0. The maximum absolute atomic E-state index is 5.39. The highest BCUT2D eigenvalue weighted by atomic mass is 14.5. The summed E-state index contributed by atoms with van der Waals surface area (Å²) in [7, 11) is 1.26. The van der Waals surface area contributed by atoms with Gasteiger partial charge in [0, 0.05) is 0 Å². The average Bonchev–Trinajstić information content (AvgIpc) is 2.48. The monoisotopic (exact) mass is 111 g/mol. The summed E-state index contributed by atoms with van der Waals surface area (Å²) in [5, 5.41) is 0. The Balaban J connectivity index is 1.99. The average molecular weight is 111 g/mol. The van der Waals surface area contributed by atoms with Gasteiger partial charge in [0.05, 0.1) is 0 Å². The summed E-state index contributed by atoms with van der Waals surface area (Å²) in [5.74, 6) is 2.04. The van der Waals surface area contributed by atoms with E-state index < -0.39 is 0 Å². The minimum absolute atomic E-state index is 0.890. The largest absolute Gasteiger partial charge is 0.338 e. The van der Waals surface area contributed by atoms with Crippen LogP contribution in [-0.4, -0.2) is 13.7 Å². The summed E-state index contributed by atoms with van der Waals surface area (Å²) >= 11 is 0. The third-order valence-corrected chi connectivity index (χ3v) is 2.13. The molecule has 2 heteroatoms. The fraction of sp³-hybridized carbons (Fsp3) is 1.00. The van der Waals surface area contributed by atoms with E-state index in [2.05, 4.69) is 6.92 Å². The summed E-state index contributed by atoms with van der Waals surface area (Å²) in [6.07, 6.45) is 3.71. The number of hydrogen-bond donors (Lipinski definition) is 1. The minimum atomic E-state index is 0.890. The zero-order valence-corrected chi connectivity index (χ0v) is 5.56. The Morgan fingerprint density at radius 2 is 2.50 bits per heavy atom. The van der Waals surface area contributed by atoms with E-state index in [1.165, 1.54) is 20.1 Å². The molecule has 0 aromatic heterocycles. The second-order valence-corrected chi connectivity index (χ2v) is 2.74. The van der Waals surface area contributed by atoms with Crippen LogP contribution in [-0.2, 0) is 0 Å². The smallest absolute Gasteiger partial charge is 0.141 e. The molecule has 0 bridgehead atoms. The molecule has 0 heterocycles. The summed E-state index contributed by atoms with van der Waals surface area (Å²) in [4.78, 5) is 0. The Hall–Kier alpha value is 0.0249. The lowest BCUT2D eigenvalue weighted by atomic mass is 9.71. The molecule has 2 unspecified atom stereocenters. The molecule has 1 rings (SSSR count). The highest BCUT2D eigenvalue weighted by Crippen LogP contribution is 2.45. The highest BCUT2D eigenvalue weighted by Gasteiger charge is 2.34. The van der Waals surface area contributed by atoms with Gasteiger partial charge in [-0.1, -0.05) is 25.6 Å². The zero-order valence-electron chi connectivity index (χ0n) is 5.56. The van der Waals surface area contributed by atoms with Crippen molar-refractivity contribution in [2.75, 3.05) is 6.44 Å². The van der Waals surface area contributed by atoms with E-state index in [1.54, 1.807) is 0 Å². The van der Waals surface area contributed by atoms with E-state index >= 15 is 0 Å². The Bertz CT molecular complexity index is 74.9. The molecule has 1 fully saturated rings. The van der Waals surface area contributed by atoms with Crippen molar-refractivity contribution in [3.63, 3.8) is 0 Å². The lowest BCUT2D eigenvalue weighted by Crippen LogP contribution is -2.08. The van der Waals surface area contributed by atoms with Gasteiger partial charge < -0.3 is 5.73 Å². The molecular weight excluding hydrogens is 96.9 g/mol. The van der Waals surface area contributed by atoms with Crippen molar-refractivity contribution in [3.8, 4) is 0 Å². The highest BCUT2D eigenvalue weighted by molar-refractivity contribution is 6.39. The molecule has 1 saturated carbocycles. The van der Waals surface area contributed by atoms with E-state index in [9.17, 15) is 0 Å². The lowest BCUT2D eigenvalue weighted by Gasteiger charge is -1.87. The van der Waals surface area contributed by atoms with Crippen molar-refractivity contribution in [1.29, 1.82) is 0 Å². The summed E-state index contributed by atoms with van der Waals surface area (Å²) in [5.41, 5.74) is 5.39. The van der Waals surface area contributed by atoms with E-state index in [4.69, 9.17) is 5.73 Å². The van der Waals surface area contributed by atoms with Crippen molar-refractivity contribution in [2.45, 2.75) is 25.6 Å². The van der Waals surface area contributed by atoms with Gasteiger partial charge in [0.25, 0.3) is 0 Å². The molecule has 0 aliphatic heterocycles. The number of rotatable bonds is 3. The van der Waals surface area contributed by atoms with Gasteiger partial charge in [0.2, 0.25) is 0 Å². The van der Waals surface area contributed by atoms with Crippen LogP contribution in [0.15, 0.2) is 0 Å². The van der Waals surface area contributed by atoms with Crippen LogP contribution in [0, 0.1) is 5.92 Å². The van der Waals surface area contributed by atoms with Gasteiger partial charge in [0.1, 0.15) is 7.28 Å².